The maximum absolute atomic E-state index is 13.4. The number of aliphatic hydroxyl groups is 1. The van der Waals surface area contributed by atoms with Gasteiger partial charge in [0.15, 0.2) is 0 Å². The largest absolute Gasteiger partial charge is 0.465 e. The molecular weight excluding hydrogens is 333 g/mol. The highest BCUT2D eigenvalue weighted by atomic mass is 19.1. The normalized spacial score (nSPS) is 14.6. The maximum Gasteiger partial charge on any atom is 0.340 e. The van der Waals surface area contributed by atoms with E-state index in [1.54, 1.807) is 12.1 Å². The predicted octanol–water partition coefficient (Wildman–Crippen LogP) is 4.39. The van der Waals surface area contributed by atoms with Crippen molar-refractivity contribution in [2.24, 2.45) is 0 Å². The molecule has 138 valence electrons. The average molecular weight is 357 g/mol. The number of carbonyl (C=O) groups is 1. The summed E-state index contributed by atoms with van der Waals surface area (Å²) in [5.74, 6) is -0.600. The fraction of sp³-hybridized carbons (Fsp3) is 0.429. The van der Waals surface area contributed by atoms with E-state index >= 15 is 0 Å². The Bertz CT molecular complexity index is 796. The van der Waals surface area contributed by atoms with E-state index in [0.29, 0.717) is 28.7 Å². The van der Waals surface area contributed by atoms with Crippen molar-refractivity contribution < 1.29 is 19.0 Å². The number of benzene rings is 1. The van der Waals surface area contributed by atoms with Crippen molar-refractivity contribution in [3.8, 4) is 11.1 Å². The van der Waals surface area contributed by atoms with Gasteiger partial charge in [-0.25, -0.2) is 9.18 Å². The maximum atomic E-state index is 13.4. The lowest BCUT2D eigenvalue weighted by molar-refractivity contribution is 0.0599. The fourth-order valence-electron chi connectivity index (χ4n) is 3.89. The number of rotatable bonds is 5. The summed E-state index contributed by atoms with van der Waals surface area (Å²) in [5, 5.41) is 10.0. The molecule has 1 heterocycles. The molecule has 1 N–H and O–H groups in total. The van der Waals surface area contributed by atoms with Gasteiger partial charge in [-0.3, -0.25) is 4.98 Å². The van der Waals surface area contributed by atoms with Gasteiger partial charge >= 0.3 is 5.97 Å². The van der Waals surface area contributed by atoms with E-state index in [-0.39, 0.29) is 18.3 Å². The number of nitrogens with zero attached hydrogens (tertiary/aromatic N) is 1. The van der Waals surface area contributed by atoms with Crippen molar-refractivity contribution in [3.05, 3.63) is 52.6 Å². The van der Waals surface area contributed by atoms with Crippen molar-refractivity contribution in [2.45, 2.75) is 51.6 Å². The second-order valence-electron chi connectivity index (χ2n) is 6.66. The lowest BCUT2D eigenvalue weighted by Gasteiger charge is -2.22. The molecule has 0 aliphatic heterocycles. The summed E-state index contributed by atoms with van der Waals surface area (Å²) in [4.78, 5) is 17.5. The molecule has 3 rings (SSSR count). The molecule has 0 bridgehead atoms. The molecule has 5 heteroatoms. The zero-order chi connectivity index (χ0) is 18.7. The van der Waals surface area contributed by atoms with Gasteiger partial charge in [0, 0.05) is 22.7 Å². The molecule has 0 amide bonds. The highest BCUT2D eigenvalue weighted by Crippen LogP contribution is 2.40. The third kappa shape index (κ3) is 3.36. The minimum atomic E-state index is -0.462. The first-order chi connectivity index (χ1) is 12.6. The van der Waals surface area contributed by atoms with Crippen molar-refractivity contribution >= 4 is 5.97 Å². The van der Waals surface area contributed by atoms with Crippen LogP contribution >= 0.6 is 0 Å². The van der Waals surface area contributed by atoms with Crippen LogP contribution in [0.5, 0.6) is 0 Å². The molecule has 1 aliphatic carbocycles. The third-order valence-corrected chi connectivity index (χ3v) is 5.17. The van der Waals surface area contributed by atoms with Crippen molar-refractivity contribution in [1.29, 1.82) is 0 Å². The summed E-state index contributed by atoms with van der Waals surface area (Å²) < 4.78 is 18.5. The van der Waals surface area contributed by atoms with Crippen LogP contribution in [0, 0.1) is 5.82 Å². The Morgan fingerprint density at radius 3 is 2.46 bits per heavy atom. The van der Waals surface area contributed by atoms with Crippen LogP contribution in [0.3, 0.4) is 0 Å². The van der Waals surface area contributed by atoms with Crippen LogP contribution < -0.4 is 0 Å². The molecule has 1 saturated carbocycles. The molecular formula is C21H24FNO3. The van der Waals surface area contributed by atoms with Crippen LogP contribution in [0.1, 0.15) is 65.8 Å². The van der Waals surface area contributed by atoms with Gasteiger partial charge in [0.25, 0.3) is 0 Å². The number of carbonyl (C=O) groups excluding carboxylic acids is 1. The fourth-order valence-corrected chi connectivity index (χ4v) is 3.89. The number of halogens is 1. The number of aromatic nitrogens is 1. The first-order valence-electron chi connectivity index (χ1n) is 9.11. The predicted molar refractivity (Wildman–Crippen MR) is 97.5 cm³/mol. The molecule has 4 nitrogen and oxygen atoms in total. The number of aryl methyl sites for hydroxylation is 1. The average Bonchev–Trinajstić information content (AvgIpc) is 3.21. The van der Waals surface area contributed by atoms with Gasteiger partial charge in [-0.15, -0.1) is 0 Å². The first-order valence-corrected chi connectivity index (χ1v) is 9.11. The van der Waals surface area contributed by atoms with Crippen LogP contribution in [0.4, 0.5) is 4.39 Å². The van der Waals surface area contributed by atoms with E-state index in [4.69, 9.17) is 9.72 Å². The van der Waals surface area contributed by atoms with E-state index in [1.807, 2.05) is 6.92 Å². The van der Waals surface area contributed by atoms with Gasteiger partial charge in [-0.1, -0.05) is 31.9 Å². The highest BCUT2D eigenvalue weighted by Gasteiger charge is 2.30. The van der Waals surface area contributed by atoms with E-state index in [2.05, 4.69) is 0 Å². The zero-order valence-electron chi connectivity index (χ0n) is 15.2. The lowest BCUT2D eigenvalue weighted by atomic mass is 9.87. The number of pyridine rings is 1. The summed E-state index contributed by atoms with van der Waals surface area (Å²) in [7, 11) is 1.35. The standard InChI is InChI=1S/C21H24FNO3/c1-3-17-16(12-24)18(13-8-10-15(22)11-9-13)19(21(25)26-2)20(23-17)14-6-4-5-7-14/h8-11,14,24H,3-7,12H2,1-2H3. The van der Waals surface area contributed by atoms with Crippen LogP contribution in [0.25, 0.3) is 11.1 Å². The van der Waals surface area contributed by atoms with Gasteiger partial charge in [-0.2, -0.15) is 0 Å². The van der Waals surface area contributed by atoms with Crippen LogP contribution in [-0.4, -0.2) is 23.2 Å². The summed E-state index contributed by atoms with van der Waals surface area (Å²) >= 11 is 0. The topological polar surface area (TPSA) is 59.4 Å². The van der Waals surface area contributed by atoms with E-state index in [0.717, 1.165) is 37.1 Å². The number of hydrogen-bond acceptors (Lipinski definition) is 4. The number of esters is 1. The molecule has 1 aromatic heterocycles. The zero-order valence-corrected chi connectivity index (χ0v) is 15.2. The number of hydrogen-bond donors (Lipinski definition) is 1. The molecule has 1 fully saturated rings. The van der Waals surface area contributed by atoms with Crippen molar-refractivity contribution in [3.63, 3.8) is 0 Å². The van der Waals surface area contributed by atoms with Gasteiger partial charge < -0.3 is 9.84 Å². The SMILES string of the molecule is CCc1nc(C2CCCC2)c(C(=O)OC)c(-c2ccc(F)cc2)c1CO. The van der Waals surface area contributed by atoms with Gasteiger partial charge in [0.2, 0.25) is 0 Å². The monoisotopic (exact) mass is 357 g/mol. The minimum Gasteiger partial charge on any atom is -0.465 e. The molecule has 0 atom stereocenters. The van der Waals surface area contributed by atoms with Gasteiger partial charge in [0.05, 0.1) is 25.0 Å². The Balaban J connectivity index is 2.34. The van der Waals surface area contributed by atoms with Crippen LogP contribution in [-0.2, 0) is 17.8 Å². The van der Waals surface area contributed by atoms with Gasteiger partial charge in [-0.05, 0) is 37.0 Å². The summed E-state index contributed by atoms with van der Waals surface area (Å²) in [6.45, 7) is 1.74. The molecule has 0 radical (unpaired) electrons. The third-order valence-electron chi connectivity index (χ3n) is 5.17. The number of ether oxygens (including phenoxy) is 1. The Hall–Kier alpha value is -2.27. The van der Waals surface area contributed by atoms with E-state index in [1.165, 1.54) is 19.2 Å². The highest BCUT2D eigenvalue weighted by molar-refractivity contribution is 5.99. The molecule has 0 spiro atoms. The molecule has 26 heavy (non-hydrogen) atoms. The van der Waals surface area contributed by atoms with Gasteiger partial charge in [0.1, 0.15) is 5.82 Å². The van der Waals surface area contributed by atoms with Crippen LogP contribution in [0.2, 0.25) is 0 Å². The lowest BCUT2D eigenvalue weighted by Crippen LogP contribution is -2.17. The second kappa shape index (κ2) is 7.96. The number of aliphatic hydroxyl groups excluding tert-OH is 1. The quantitative estimate of drug-likeness (QED) is 0.807. The Kier molecular flexibility index (Phi) is 5.67. The van der Waals surface area contributed by atoms with E-state index in [9.17, 15) is 14.3 Å². The van der Waals surface area contributed by atoms with Crippen molar-refractivity contribution in [2.75, 3.05) is 7.11 Å². The Morgan fingerprint density at radius 1 is 1.27 bits per heavy atom. The smallest absolute Gasteiger partial charge is 0.340 e. The van der Waals surface area contributed by atoms with E-state index < -0.39 is 5.97 Å². The Morgan fingerprint density at radius 2 is 1.92 bits per heavy atom. The minimum absolute atomic E-state index is 0.210. The second-order valence-corrected chi connectivity index (χ2v) is 6.66. The first kappa shape index (κ1) is 18.5. The number of methoxy groups -OCH3 is 1. The summed E-state index contributed by atoms with van der Waals surface area (Å²) in [6, 6.07) is 5.99. The molecule has 0 unspecified atom stereocenters. The van der Waals surface area contributed by atoms with Crippen LogP contribution in [0.15, 0.2) is 24.3 Å². The van der Waals surface area contributed by atoms with Crippen molar-refractivity contribution in [1.82, 2.24) is 4.98 Å². The molecule has 2 aromatic rings. The molecule has 1 aromatic carbocycles. The summed E-state index contributed by atoms with van der Waals surface area (Å²) in [5.41, 5.74) is 3.86. The molecule has 0 saturated heterocycles. The molecule has 1 aliphatic rings. The summed E-state index contributed by atoms with van der Waals surface area (Å²) in [6.07, 6.45) is 4.85. The Labute approximate surface area is 153 Å².